The molecule has 2 rings (SSSR count). The molecule has 0 bridgehead atoms. The van der Waals surface area contributed by atoms with Crippen LogP contribution in [-0.4, -0.2) is 24.4 Å². The van der Waals surface area contributed by atoms with E-state index in [4.69, 9.17) is 0 Å². The Labute approximate surface area is 99.9 Å². The van der Waals surface area contributed by atoms with Crippen molar-refractivity contribution in [2.75, 3.05) is 11.4 Å². The van der Waals surface area contributed by atoms with Gasteiger partial charge in [-0.25, -0.2) is 5.32 Å². The average Bonchev–Trinajstić information content (AvgIpc) is 2.36. The predicted octanol–water partition coefficient (Wildman–Crippen LogP) is 1.11. The quantitative estimate of drug-likeness (QED) is 0.576. The van der Waals surface area contributed by atoms with Crippen molar-refractivity contribution in [2.45, 2.75) is 12.5 Å². The number of hydrogen-bond donors (Lipinski definition) is 0. The second kappa shape index (κ2) is 4.82. The minimum absolute atomic E-state index is 0.111. The molecule has 1 radical (unpaired) electrons. The van der Waals surface area contributed by atoms with Gasteiger partial charge in [-0.1, -0.05) is 24.3 Å². The van der Waals surface area contributed by atoms with Gasteiger partial charge in [0.2, 0.25) is 0 Å². The van der Waals surface area contributed by atoms with Crippen LogP contribution in [0, 0.1) is 0 Å². The van der Waals surface area contributed by atoms with Gasteiger partial charge in [-0.3, -0.25) is 14.5 Å². The van der Waals surface area contributed by atoms with Crippen LogP contribution in [0.15, 0.2) is 43.0 Å². The van der Waals surface area contributed by atoms with Crippen LogP contribution >= 0.6 is 0 Å². The van der Waals surface area contributed by atoms with Crippen LogP contribution in [-0.2, 0) is 9.59 Å². The minimum Gasteiger partial charge on any atom is -0.299 e. The standard InChI is InChI=1S/C13H13N2O2/c1-2-6-11-9-14-12(16)13(17)15(11)10-7-4-3-5-8-10/h2-5,7-8,11H,1,6,9H2. The van der Waals surface area contributed by atoms with Crippen LogP contribution in [0.1, 0.15) is 6.42 Å². The molecule has 1 unspecified atom stereocenters. The third-order valence-corrected chi connectivity index (χ3v) is 2.69. The van der Waals surface area contributed by atoms with Crippen LogP contribution in [0.25, 0.3) is 0 Å². The zero-order valence-corrected chi connectivity index (χ0v) is 9.37. The van der Waals surface area contributed by atoms with Gasteiger partial charge in [0.05, 0.1) is 12.6 Å². The lowest BCUT2D eigenvalue weighted by molar-refractivity contribution is -0.139. The highest BCUT2D eigenvalue weighted by atomic mass is 16.2. The number of carbonyl (C=O) groups excluding carboxylic acids is 2. The fourth-order valence-corrected chi connectivity index (χ4v) is 1.90. The van der Waals surface area contributed by atoms with Crippen molar-refractivity contribution in [3.63, 3.8) is 0 Å². The molecule has 1 aromatic carbocycles. The summed E-state index contributed by atoms with van der Waals surface area (Å²) in [6, 6.07) is 9.06. The average molecular weight is 229 g/mol. The molecule has 2 amide bonds. The number of para-hydroxylation sites is 1. The van der Waals surface area contributed by atoms with E-state index >= 15 is 0 Å². The fourth-order valence-electron chi connectivity index (χ4n) is 1.90. The third-order valence-electron chi connectivity index (χ3n) is 2.69. The lowest BCUT2D eigenvalue weighted by Gasteiger charge is -2.33. The Hall–Kier alpha value is -2.10. The molecule has 1 fully saturated rings. The molecular weight excluding hydrogens is 216 g/mol. The molecular formula is C13H13N2O2. The van der Waals surface area contributed by atoms with Gasteiger partial charge in [0, 0.05) is 5.69 Å². The first-order chi connectivity index (χ1) is 8.24. The summed E-state index contributed by atoms with van der Waals surface area (Å²) in [6.45, 7) is 4.00. The van der Waals surface area contributed by atoms with Crippen molar-refractivity contribution in [1.82, 2.24) is 5.32 Å². The first-order valence-electron chi connectivity index (χ1n) is 5.45. The number of rotatable bonds is 3. The van der Waals surface area contributed by atoms with E-state index in [1.807, 2.05) is 30.3 Å². The van der Waals surface area contributed by atoms with Crippen LogP contribution in [0.4, 0.5) is 5.69 Å². The van der Waals surface area contributed by atoms with Gasteiger partial charge in [0.15, 0.2) is 0 Å². The highest BCUT2D eigenvalue weighted by Gasteiger charge is 2.35. The van der Waals surface area contributed by atoms with Crippen LogP contribution in [0.3, 0.4) is 0 Å². The van der Waals surface area contributed by atoms with Crippen molar-refractivity contribution in [1.29, 1.82) is 0 Å². The lowest BCUT2D eigenvalue weighted by atomic mass is 10.1. The van der Waals surface area contributed by atoms with E-state index in [0.717, 1.165) is 5.69 Å². The Morgan fingerprint density at radius 2 is 2.06 bits per heavy atom. The molecule has 0 aromatic heterocycles. The molecule has 0 aliphatic carbocycles. The van der Waals surface area contributed by atoms with E-state index in [1.165, 1.54) is 4.90 Å². The van der Waals surface area contributed by atoms with E-state index in [1.54, 1.807) is 6.08 Å². The van der Waals surface area contributed by atoms with Gasteiger partial charge in [0.25, 0.3) is 0 Å². The highest BCUT2D eigenvalue weighted by molar-refractivity contribution is 6.41. The molecule has 4 heteroatoms. The molecule has 1 aromatic rings. The number of hydrogen-bond acceptors (Lipinski definition) is 2. The molecule has 1 atom stereocenters. The van der Waals surface area contributed by atoms with Crippen molar-refractivity contribution in [2.24, 2.45) is 0 Å². The number of carbonyl (C=O) groups is 2. The van der Waals surface area contributed by atoms with Gasteiger partial charge in [-0.2, -0.15) is 0 Å². The van der Waals surface area contributed by atoms with E-state index in [0.29, 0.717) is 13.0 Å². The Kier molecular flexibility index (Phi) is 3.23. The van der Waals surface area contributed by atoms with Crippen molar-refractivity contribution < 1.29 is 9.59 Å². The zero-order chi connectivity index (χ0) is 12.3. The summed E-state index contributed by atoms with van der Waals surface area (Å²) >= 11 is 0. The zero-order valence-electron chi connectivity index (χ0n) is 9.37. The van der Waals surface area contributed by atoms with Crippen LogP contribution < -0.4 is 10.2 Å². The summed E-state index contributed by atoms with van der Waals surface area (Å²) < 4.78 is 0. The number of anilines is 1. The van der Waals surface area contributed by atoms with Crippen LogP contribution in [0.5, 0.6) is 0 Å². The maximum atomic E-state index is 11.9. The summed E-state index contributed by atoms with van der Waals surface area (Å²) in [6.07, 6.45) is 2.36. The number of benzene rings is 1. The minimum atomic E-state index is -0.672. The molecule has 0 saturated carbocycles. The third kappa shape index (κ3) is 2.20. The summed E-state index contributed by atoms with van der Waals surface area (Å²) in [5, 5.41) is 3.71. The van der Waals surface area contributed by atoms with E-state index in [9.17, 15) is 9.59 Å². The Morgan fingerprint density at radius 3 is 2.71 bits per heavy atom. The van der Waals surface area contributed by atoms with E-state index in [-0.39, 0.29) is 6.04 Å². The largest absolute Gasteiger partial charge is 0.331 e. The highest BCUT2D eigenvalue weighted by Crippen LogP contribution is 2.21. The molecule has 1 heterocycles. The van der Waals surface area contributed by atoms with Gasteiger partial charge in [-0.15, -0.1) is 6.58 Å². The second-order valence-corrected chi connectivity index (χ2v) is 3.83. The maximum absolute atomic E-state index is 11.9. The molecule has 1 aliphatic heterocycles. The summed E-state index contributed by atoms with van der Waals surface area (Å²) in [7, 11) is 0. The predicted molar refractivity (Wildman–Crippen MR) is 64.5 cm³/mol. The molecule has 4 nitrogen and oxygen atoms in total. The topological polar surface area (TPSA) is 51.5 Å². The van der Waals surface area contributed by atoms with Crippen LogP contribution in [0.2, 0.25) is 0 Å². The SMILES string of the molecule is C=CCC1C[N]C(=O)C(=O)N1c1ccccc1. The Morgan fingerprint density at radius 1 is 1.35 bits per heavy atom. The molecule has 17 heavy (non-hydrogen) atoms. The number of piperazine rings is 1. The molecule has 0 spiro atoms. The van der Waals surface area contributed by atoms with Crippen molar-refractivity contribution in [3.8, 4) is 0 Å². The summed E-state index contributed by atoms with van der Waals surface area (Å²) in [5.74, 6) is -1.23. The van der Waals surface area contributed by atoms with E-state index in [2.05, 4.69) is 11.9 Å². The molecule has 87 valence electrons. The van der Waals surface area contributed by atoms with Gasteiger partial charge >= 0.3 is 11.8 Å². The maximum Gasteiger partial charge on any atom is 0.331 e. The monoisotopic (exact) mass is 229 g/mol. The number of nitrogens with zero attached hydrogens (tertiary/aromatic N) is 2. The smallest absolute Gasteiger partial charge is 0.299 e. The van der Waals surface area contributed by atoms with E-state index < -0.39 is 11.8 Å². The normalized spacial score (nSPS) is 20.0. The second-order valence-electron chi connectivity index (χ2n) is 3.83. The lowest BCUT2D eigenvalue weighted by Crippen LogP contribution is -2.55. The summed E-state index contributed by atoms with van der Waals surface area (Å²) in [4.78, 5) is 24.7. The van der Waals surface area contributed by atoms with Gasteiger partial charge in [-0.05, 0) is 18.6 Å². The van der Waals surface area contributed by atoms with Gasteiger partial charge in [0.1, 0.15) is 0 Å². The molecule has 0 N–H and O–H groups in total. The first kappa shape index (κ1) is 11.4. The number of amides is 2. The molecule has 1 aliphatic rings. The van der Waals surface area contributed by atoms with Crippen molar-refractivity contribution in [3.05, 3.63) is 43.0 Å². The Balaban J connectivity index is 2.33. The molecule has 1 saturated heterocycles. The summed E-state index contributed by atoms with van der Waals surface area (Å²) in [5.41, 5.74) is 0.729. The Bertz CT molecular complexity index is 442. The van der Waals surface area contributed by atoms with Crippen molar-refractivity contribution >= 4 is 17.5 Å². The fraction of sp³-hybridized carbons (Fsp3) is 0.231. The van der Waals surface area contributed by atoms with Gasteiger partial charge < -0.3 is 0 Å². The first-order valence-corrected chi connectivity index (χ1v) is 5.45.